The molecule has 1 rings (SSSR count). The van der Waals surface area contributed by atoms with Gasteiger partial charge in [-0.15, -0.1) is 0 Å². The summed E-state index contributed by atoms with van der Waals surface area (Å²) in [4.78, 5) is 2.05. The minimum absolute atomic E-state index is 0.0389. The van der Waals surface area contributed by atoms with Crippen LogP contribution in [0.2, 0.25) is 0 Å². The molecule has 0 bridgehead atoms. The molecule has 0 aliphatic heterocycles. The van der Waals surface area contributed by atoms with Crippen molar-refractivity contribution in [1.29, 1.82) is 0 Å². The number of aromatic nitrogens is 2. The molecule has 0 atom stereocenters. The van der Waals surface area contributed by atoms with E-state index < -0.39 is 10.0 Å². The standard InChI is InChI=1S/C10H21N5O2S/c1-4-15-8-9(10(11)13-15)18(16,17)12-6-5-7-14(2)3/h8,12H,4-7H2,1-3H3,(H2,11,13). The summed E-state index contributed by atoms with van der Waals surface area (Å²) in [6.07, 6.45) is 2.19. The monoisotopic (exact) mass is 275 g/mol. The van der Waals surface area contributed by atoms with Crippen LogP contribution in [0.3, 0.4) is 0 Å². The molecule has 0 aliphatic carbocycles. The Kier molecular flexibility index (Phi) is 5.12. The highest BCUT2D eigenvalue weighted by Gasteiger charge is 2.20. The number of anilines is 1. The molecule has 0 spiro atoms. The van der Waals surface area contributed by atoms with E-state index in [4.69, 9.17) is 5.73 Å². The highest BCUT2D eigenvalue weighted by Crippen LogP contribution is 2.15. The Balaban J connectivity index is 2.65. The lowest BCUT2D eigenvalue weighted by molar-refractivity contribution is 0.400. The van der Waals surface area contributed by atoms with Gasteiger partial charge in [-0.3, -0.25) is 4.68 Å². The molecule has 18 heavy (non-hydrogen) atoms. The lowest BCUT2D eigenvalue weighted by Gasteiger charge is -2.09. The summed E-state index contributed by atoms with van der Waals surface area (Å²) in [5, 5.41) is 3.92. The van der Waals surface area contributed by atoms with Gasteiger partial charge in [0.1, 0.15) is 4.90 Å². The van der Waals surface area contributed by atoms with E-state index in [9.17, 15) is 8.42 Å². The van der Waals surface area contributed by atoms with E-state index in [0.29, 0.717) is 13.1 Å². The van der Waals surface area contributed by atoms with Crippen molar-refractivity contribution in [2.45, 2.75) is 24.8 Å². The molecule has 0 saturated carbocycles. The maximum absolute atomic E-state index is 12.0. The van der Waals surface area contributed by atoms with Gasteiger partial charge in [0.05, 0.1) is 0 Å². The highest BCUT2D eigenvalue weighted by molar-refractivity contribution is 7.89. The average molecular weight is 275 g/mol. The van der Waals surface area contributed by atoms with Gasteiger partial charge in [0, 0.05) is 19.3 Å². The molecule has 7 nitrogen and oxygen atoms in total. The molecular formula is C10H21N5O2S. The number of nitrogens with two attached hydrogens (primary N) is 1. The molecule has 3 N–H and O–H groups in total. The smallest absolute Gasteiger partial charge is 0.245 e. The number of hydrogen-bond acceptors (Lipinski definition) is 5. The van der Waals surface area contributed by atoms with Crippen molar-refractivity contribution in [2.75, 3.05) is 32.9 Å². The van der Waals surface area contributed by atoms with E-state index in [0.717, 1.165) is 13.0 Å². The Bertz CT molecular complexity index is 480. The number of nitrogen functional groups attached to an aromatic ring is 1. The fraction of sp³-hybridized carbons (Fsp3) is 0.700. The molecule has 0 unspecified atom stereocenters. The van der Waals surface area contributed by atoms with E-state index in [2.05, 4.69) is 9.82 Å². The van der Waals surface area contributed by atoms with Crippen LogP contribution in [-0.4, -0.2) is 50.3 Å². The van der Waals surface area contributed by atoms with E-state index in [1.54, 1.807) is 0 Å². The van der Waals surface area contributed by atoms with Crippen LogP contribution in [0, 0.1) is 0 Å². The molecule has 1 heterocycles. The van der Waals surface area contributed by atoms with Crippen LogP contribution >= 0.6 is 0 Å². The van der Waals surface area contributed by atoms with Crippen LogP contribution in [0.25, 0.3) is 0 Å². The maximum Gasteiger partial charge on any atom is 0.245 e. The zero-order valence-electron chi connectivity index (χ0n) is 11.0. The molecule has 0 aromatic carbocycles. The van der Waals surface area contributed by atoms with Crippen molar-refractivity contribution in [1.82, 2.24) is 19.4 Å². The van der Waals surface area contributed by atoms with Gasteiger partial charge in [-0.25, -0.2) is 13.1 Å². The van der Waals surface area contributed by atoms with E-state index >= 15 is 0 Å². The average Bonchev–Trinajstić information content (AvgIpc) is 2.66. The first-order valence-electron chi connectivity index (χ1n) is 5.84. The van der Waals surface area contributed by atoms with Crippen LogP contribution in [0.4, 0.5) is 5.82 Å². The minimum atomic E-state index is -3.56. The molecule has 0 amide bonds. The quantitative estimate of drug-likeness (QED) is 0.667. The number of nitrogens with one attached hydrogen (secondary N) is 1. The lowest BCUT2D eigenvalue weighted by Crippen LogP contribution is -2.27. The second kappa shape index (κ2) is 6.17. The molecule has 104 valence electrons. The molecule has 8 heteroatoms. The Morgan fingerprint density at radius 2 is 2.17 bits per heavy atom. The maximum atomic E-state index is 12.0. The summed E-state index contributed by atoms with van der Waals surface area (Å²) in [6.45, 7) is 3.66. The van der Waals surface area contributed by atoms with Crippen molar-refractivity contribution in [3.8, 4) is 0 Å². The normalized spacial score (nSPS) is 12.2. The first kappa shape index (κ1) is 14.9. The summed E-state index contributed by atoms with van der Waals surface area (Å²) in [5.41, 5.74) is 5.60. The molecule has 1 aromatic rings. The van der Waals surface area contributed by atoms with E-state index in [-0.39, 0.29) is 10.7 Å². The minimum Gasteiger partial charge on any atom is -0.381 e. The molecule has 0 fully saturated rings. The predicted octanol–water partition coefficient (Wildman–Crippen LogP) is -0.285. The second-order valence-electron chi connectivity index (χ2n) is 4.29. The van der Waals surface area contributed by atoms with E-state index in [1.165, 1.54) is 10.9 Å². The van der Waals surface area contributed by atoms with Gasteiger partial charge in [-0.2, -0.15) is 5.10 Å². The van der Waals surface area contributed by atoms with Crippen LogP contribution in [0.15, 0.2) is 11.1 Å². The van der Waals surface area contributed by atoms with Crippen LogP contribution in [0.5, 0.6) is 0 Å². The van der Waals surface area contributed by atoms with Gasteiger partial charge >= 0.3 is 0 Å². The van der Waals surface area contributed by atoms with Crippen molar-refractivity contribution in [2.24, 2.45) is 0 Å². The third-order valence-corrected chi connectivity index (χ3v) is 3.92. The van der Waals surface area contributed by atoms with Gasteiger partial charge in [-0.05, 0) is 34.0 Å². The molecular weight excluding hydrogens is 254 g/mol. The Morgan fingerprint density at radius 1 is 1.50 bits per heavy atom. The Hall–Kier alpha value is -1.12. The predicted molar refractivity (Wildman–Crippen MR) is 70.7 cm³/mol. The van der Waals surface area contributed by atoms with Crippen LogP contribution in [-0.2, 0) is 16.6 Å². The van der Waals surface area contributed by atoms with E-state index in [1.807, 2.05) is 25.9 Å². The molecule has 0 radical (unpaired) electrons. The second-order valence-corrected chi connectivity index (χ2v) is 6.02. The van der Waals surface area contributed by atoms with Crippen LogP contribution < -0.4 is 10.5 Å². The van der Waals surface area contributed by atoms with Crippen molar-refractivity contribution in [3.05, 3.63) is 6.20 Å². The Morgan fingerprint density at radius 3 is 2.67 bits per heavy atom. The zero-order chi connectivity index (χ0) is 13.8. The summed E-state index contributed by atoms with van der Waals surface area (Å²) in [7, 11) is 0.329. The first-order chi connectivity index (χ1) is 8.36. The van der Waals surface area contributed by atoms with Gasteiger partial charge < -0.3 is 10.6 Å². The molecule has 1 aromatic heterocycles. The van der Waals surface area contributed by atoms with Crippen molar-refractivity contribution < 1.29 is 8.42 Å². The number of hydrogen-bond donors (Lipinski definition) is 2. The number of rotatable bonds is 7. The van der Waals surface area contributed by atoms with Gasteiger partial charge in [0.25, 0.3) is 0 Å². The topological polar surface area (TPSA) is 93.2 Å². The van der Waals surface area contributed by atoms with Gasteiger partial charge in [0.2, 0.25) is 10.0 Å². The van der Waals surface area contributed by atoms with Crippen molar-refractivity contribution in [3.63, 3.8) is 0 Å². The fourth-order valence-electron chi connectivity index (χ4n) is 1.47. The summed E-state index contributed by atoms with van der Waals surface area (Å²) >= 11 is 0. The van der Waals surface area contributed by atoms with Gasteiger partial charge in [-0.1, -0.05) is 0 Å². The fourth-order valence-corrected chi connectivity index (χ4v) is 2.61. The number of sulfonamides is 1. The third kappa shape index (κ3) is 3.97. The zero-order valence-corrected chi connectivity index (χ0v) is 11.9. The Labute approximate surface area is 108 Å². The largest absolute Gasteiger partial charge is 0.381 e. The number of nitrogens with zero attached hydrogens (tertiary/aromatic N) is 3. The lowest BCUT2D eigenvalue weighted by atomic mass is 10.4. The van der Waals surface area contributed by atoms with Gasteiger partial charge in [0.15, 0.2) is 5.82 Å². The third-order valence-electron chi connectivity index (χ3n) is 2.44. The highest BCUT2D eigenvalue weighted by atomic mass is 32.2. The van der Waals surface area contributed by atoms with Crippen molar-refractivity contribution >= 4 is 15.8 Å². The summed E-state index contributed by atoms with van der Waals surface area (Å²) < 4.78 is 28.0. The molecule has 0 aliphatic rings. The first-order valence-corrected chi connectivity index (χ1v) is 7.32. The number of aryl methyl sites for hydroxylation is 1. The molecule has 0 saturated heterocycles. The van der Waals surface area contributed by atoms with Crippen LogP contribution in [0.1, 0.15) is 13.3 Å². The summed E-state index contributed by atoms with van der Waals surface area (Å²) in [5.74, 6) is 0.0389. The summed E-state index contributed by atoms with van der Waals surface area (Å²) in [6, 6.07) is 0. The SMILES string of the molecule is CCn1cc(S(=O)(=O)NCCCN(C)C)c(N)n1.